The van der Waals surface area contributed by atoms with Crippen molar-refractivity contribution in [3.8, 4) is 0 Å². The van der Waals surface area contributed by atoms with Crippen LogP contribution in [0.3, 0.4) is 0 Å². The molecule has 1 rings (SSSR count). The molecule has 0 aliphatic carbocycles. The van der Waals surface area contributed by atoms with Crippen molar-refractivity contribution in [2.75, 3.05) is 13.2 Å². The van der Waals surface area contributed by atoms with Crippen LogP contribution in [0.5, 0.6) is 0 Å². The van der Waals surface area contributed by atoms with Crippen molar-refractivity contribution in [2.45, 2.75) is 97.9 Å². The normalized spacial score (nSPS) is 22.5. The maximum atomic E-state index is 11.5. The first-order chi connectivity index (χ1) is 14.5. The Kier molecular flexibility index (Phi) is 16.7. The Bertz CT molecular complexity index is 680. The minimum atomic E-state index is -3.76. The second kappa shape index (κ2) is 17.0. The summed E-state index contributed by atoms with van der Waals surface area (Å²) >= 11 is 0. The van der Waals surface area contributed by atoms with Gasteiger partial charge >= 0.3 is 20.6 Å². The standard InChI is InChI=1S/C12H25NO3S.C9H19NO3S/c1-4-5-6-7-10(2)12-11(3)8-9-16-17(14,15)13-12;1-2-3-4-5-6-7-8-9-13-14(10,11)12/h10-13H,4-9H2,1-3H3;6-7H,2-5,8-9H2,1H3,(H2,10,11,12)/b;7-6-/t10-,11+,12?;/m0./s1. The molecule has 3 N–H and O–H groups in total. The lowest BCUT2D eigenvalue weighted by Crippen LogP contribution is -2.42. The molecule has 0 radical (unpaired) electrons. The molecule has 3 atom stereocenters. The summed E-state index contributed by atoms with van der Waals surface area (Å²) in [6.07, 6.45) is 14.7. The summed E-state index contributed by atoms with van der Waals surface area (Å²) in [6.45, 7) is 8.99. The molecule has 0 aromatic heterocycles. The van der Waals surface area contributed by atoms with Crippen LogP contribution in [0.1, 0.15) is 91.9 Å². The van der Waals surface area contributed by atoms with Gasteiger partial charge in [0.2, 0.25) is 0 Å². The molecule has 0 aromatic carbocycles. The summed E-state index contributed by atoms with van der Waals surface area (Å²) in [7, 11) is -7.29. The number of hydrogen-bond donors (Lipinski definition) is 2. The van der Waals surface area contributed by atoms with Gasteiger partial charge in [0.05, 0.1) is 13.2 Å². The maximum absolute atomic E-state index is 11.5. The average Bonchev–Trinajstić information content (AvgIpc) is 2.81. The van der Waals surface area contributed by atoms with Gasteiger partial charge in [-0.05, 0) is 43.9 Å². The minimum Gasteiger partial charge on any atom is -0.258 e. The second-order valence-electron chi connectivity index (χ2n) is 8.23. The van der Waals surface area contributed by atoms with E-state index in [1.807, 2.05) is 12.2 Å². The molecule has 1 aliphatic heterocycles. The molecule has 1 fully saturated rings. The first kappa shape index (κ1) is 30.5. The van der Waals surface area contributed by atoms with Crippen molar-refractivity contribution in [1.29, 1.82) is 0 Å². The van der Waals surface area contributed by atoms with Gasteiger partial charge in [-0.1, -0.05) is 72.0 Å². The quantitative estimate of drug-likeness (QED) is 0.298. The summed E-state index contributed by atoms with van der Waals surface area (Å²) in [4.78, 5) is 0. The van der Waals surface area contributed by atoms with Crippen molar-refractivity contribution in [2.24, 2.45) is 17.0 Å². The van der Waals surface area contributed by atoms with Crippen molar-refractivity contribution in [1.82, 2.24) is 4.72 Å². The molecule has 1 saturated heterocycles. The first-order valence-electron chi connectivity index (χ1n) is 11.5. The Morgan fingerprint density at radius 2 is 1.74 bits per heavy atom. The summed E-state index contributed by atoms with van der Waals surface area (Å²) < 4.78 is 55.6. The van der Waals surface area contributed by atoms with Crippen molar-refractivity contribution in [3.63, 3.8) is 0 Å². The molecular formula is C21H44N2O6S2. The van der Waals surface area contributed by atoms with E-state index in [1.165, 1.54) is 38.5 Å². The molecular weight excluding hydrogens is 440 g/mol. The highest BCUT2D eigenvalue weighted by Gasteiger charge is 2.31. The van der Waals surface area contributed by atoms with Gasteiger partial charge in [0.15, 0.2) is 0 Å². The zero-order valence-corrected chi connectivity index (χ0v) is 21.3. The Morgan fingerprint density at radius 3 is 2.35 bits per heavy atom. The molecule has 0 aromatic rings. The van der Waals surface area contributed by atoms with Crippen LogP contribution in [0.15, 0.2) is 12.2 Å². The molecule has 186 valence electrons. The summed E-state index contributed by atoms with van der Waals surface area (Å²) in [5, 5.41) is 4.64. The highest BCUT2D eigenvalue weighted by atomic mass is 32.2. The minimum absolute atomic E-state index is 0.0133. The van der Waals surface area contributed by atoms with E-state index < -0.39 is 20.6 Å². The maximum Gasteiger partial charge on any atom is 0.336 e. The predicted octanol–water partition coefficient (Wildman–Crippen LogP) is 4.20. The number of allylic oxidation sites excluding steroid dienone is 1. The van der Waals surface area contributed by atoms with E-state index in [9.17, 15) is 16.8 Å². The monoisotopic (exact) mass is 484 g/mol. The van der Waals surface area contributed by atoms with Gasteiger partial charge in [-0.25, -0.2) is 5.14 Å². The van der Waals surface area contributed by atoms with Crippen molar-refractivity contribution >= 4 is 20.6 Å². The Morgan fingerprint density at radius 1 is 1.13 bits per heavy atom. The van der Waals surface area contributed by atoms with Crippen LogP contribution in [0.2, 0.25) is 0 Å². The number of unbranched alkanes of at least 4 members (excludes halogenated alkanes) is 5. The SMILES string of the molecule is CCCCC/C=C\CCOS(N)(=O)=O.CCCCC[C@H](C)C1NS(=O)(=O)OCC[C@H]1C. The predicted molar refractivity (Wildman–Crippen MR) is 126 cm³/mol. The second-order valence-corrected chi connectivity index (χ2v) is 10.8. The van der Waals surface area contributed by atoms with Gasteiger partial charge in [-0.3, -0.25) is 8.37 Å². The van der Waals surface area contributed by atoms with Crippen LogP contribution in [0.4, 0.5) is 0 Å². The zero-order chi connectivity index (χ0) is 23.8. The van der Waals surface area contributed by atoms with Crippen molar-refractivity contribution < 1.29 is 25.2 Å². The first-order valence-corrected chi connectivity index (χ1v) is 14.4. The van der Waals surface area contributed by atoms with Gasteiger partial charge < -0.3 is 0 Å². The van der Waals surface area contributed by atoms with Gasteiger partial charge in [-0.15, -0.1) is 0 Å². The average molecular weight is 485 g/mol. The van der Waals surface area contributed by atoms with Crippen LogP contribution in [-0.4, -0.2) is 36.1 Å². The number of nitrogens with one attached hydrogen (secondary N) is 1. The molecule has 0 spiro atoms. The lowest BCUT2D eigenvalue weighted by molar-refractivity contribution is 0.275. The van der Waals surface area contributed by atoms with E-state index in [-0.39, 0.29) is 12.6 Å². The smallest absolute Gasteiger partial charge is 0.258 e. The highest BCUT2D eigenvalue weighted by molar-refractivity contribution is 7.84. The van der Waals surface area contributed by atoms with Crippen LogP contribution < -0.4 is 9.86 Å². The van der Waals surface area contributed by atoms with Crippen LogP contribution >= 0.6 is 0 Å². The molecule has 31 heavy (non-hydrogen) atoms. The third-order valence-electron chi connectivity index (χ3n) is 5.25. The lowest BCUT2D eigenvalue weighted by atomic mass is 9.86. The largest absolute Gasteiger partial charge is 0.336 e. The molecule has 0 saturated carbocycles. The topological polar surface area (TPSA) is 125 Å². The fourth-order valence-corrected chi connectivity index (χ4v) is 4.90. The molecule has 1 unspecified atom stereocenters. The molecule has 0 bridgehead atoms. The molecule has 0 amide bonds. The molecule has 1 aliphatic rings. The van der Waals surface area contributed by atoms with Crippen molar-refractivity contribution in [3.05, 3.63) is 12.2 Å². The number of hydrogen-bond acceptors (Lipinski definition) is 6. The van der Waals surface area contributed by atoms with Crippen LogP contribution in [0.25, 0.3) is 0 Å². The van der Waals surface area contributed by atoms with E-state index in [1.54, 1.807) is 0 Å². The number of nitrogens with two attached hydrogens (primary N) is 1. The van der Waals surface area contributed by atoms with E-state index in [4.69, 9.17) is 4.18 Å². The highest BCUT2D eigenvalue weighted by Crippen LogP contribution is 2.24. The van der Waals surface area contributed by atoms with Gasteiger partial charge in [0.1, 0.15) is 0 Å². The Labute approximate surface area is 190 Å². The third-order valence-corrected chi connectivity index (χ3v) is 6.79. The fourth-order valence-electron chi connectivity index (χ4n) is 3.39. The zero-order valence-electron chi connectivity index (χ0n) is 19.7. The summed E-state index contributed by atoms with van der Waals surface area (Å²) in [5.74, 6) is 0.705. The Hall–Kier alpha value is -0.520. The van der Waals surface area contributed by atoms with Gasteiger partial charge in [-0.2, -0.15) is 21.6 Å². The van der Waals surface area contributed by atoms with E-state index >= 15 is 0 Å². The van der Waals surface area contributed by atoms with Crippen LogP contribution in [-0.2, 0) is 29.0 Å². The molecule has 10 heteroatoms. The summed E-state index contributed by atoms with van der Waals surface area (Å²) in [6, 6.07) is 0.0133. The van der Waals surface area contributed by atoms with Gasteiger partial charge in [0.25, 0.3) is 0 Å². The van der Waals surface area contributed by atoms with E-state index in [0.717, 1.165) is 19.3 Å². The van der Waals surface area contributed by atoms with E-state index in [2.05, 4.69) is 41.7 Å². The lowest BCUT2D eigenvalue weighted by Gasteiger charge is -2.27. The summed E-state index contributed by atoms with van der Waals surface area (Å²) in [5.41, 5.74) is 0. The molecule has 1 heterocycles. The fraction of sp³-hybridized carbons (Fsp3) is 0.905. The van der Waals surface area contributed by atoms with Crippen LogP contribution in [0, 0.1) is 11.8 Å². The van der Waals surface area contributed by atoms with E-state index in [0.29, 0.717) is 24.9 Å². The molecule has 8 nitrogen and oxygen atoms in total. The Balaban J connectivity index is 0.000000594. The number of rotatable bonds is 13. The third kappa shape index (κ3) is 17.7. The van der Waals surface area contributed by atoms with Gasteiger partial charge in [0, 0.05) is 6.04 Å².